The number of hydrogen-bond donors (Lipinski definition) is 1. The summed E-state index contributed by atoms with van der Waals surface area (Å²) >= 11 is 1.51. The van der Waals surface area contributed by atoms with Gasteiger partial charge in [-0.05, 0) is 29.8 Å². The molecule has 1 N–H and O–H groups in total. The number of rotatable bonds is 8. The highest BCUT2D eigenvalue weighted by Crippen LogP contribution is 2.27. The molecule has 0 fully saturated rings. The Balaban J connectivity index is 1.66. The van der Waals surface area contributed by atoms with Crippen LogP contribution in [0.25, 0.3) is 0 Å². The van der Waals surface area contributed by atoms with Gasteiger partial charge in [-0.3, -0.25) is 4.79 Å². The lowest BCUT2D eigenvalue weighted by Gasteiger charge is -2.12. The predicted molar refractivity (Wildman–Crippen MR) is 104 cm³/mol. The molecule has 0 bridgehead atoms. The molecule has 2 aromatic carbocycles. The Hall–Kier alpha value is -3.06. The number of carbonyl (C=O) groups is 1. The Morgan fingerprint density at radius 1 is 1.07 bits per heavy atom. The van der Waals surface area contributed by atoms with E-state index in [-0.39, 0.29) is 5.91 Å². The molecule has 140 valence electrons. The van der Waals surface area contributed by atoms with Crippen LogP contribution in [0.1, 0.15) is 21.6 Å². The van der Waals surface area contributed by atoms with Crippen molar-refractivity contribution in [3.8, 4) is 17.2 Å². The number of nitrogens with one attached hydrogen (secondary N) is 1. The molecule has 1 heterocycles. The Kier molecular flexibility index (Phi) is 6.27. The third-order valence-electron chi connectivity index (χ3n) is 3.89. The summed E-state index contributed by atoms with van der Waals surface area (Å²) in [6, 6.07) is 12.7. The number of benzene rings is 2. The molecule has 0 saturated heterocycles. The molecule has 0 unspecified atom stereocenters. The zero-order chi connectivity index (χ0) is 19.1. The topological polar surface area (TPSA) is 69.7 Å². The van der Waals surface area contributed by atoms with Crippen LogP contribution in [0.15, 0.2) is 53.4 Å². The second kappa shape index (κ2) is 9.05. The highest BCUT2D eigenvalue weighted by atomic mass is 32.1. The van der Waals surface area contributed by atoms with E-state index in [9.17, 15) is 4.79 Å². The molecule has 0 atom stereocenters. The number of methoxy groups -OCH3 is 2. The first-order valence-electron chi connectivity index (χ1n) is 8.29. The molecule has 1 amide bonds. The van der Waals surface area contributed by atoms with Crippen molar-refractivity contribution in [1.82, 2.24) is 10.3 Å². The highest BCUT2D eigenvalue weighted by Gasteiger charge is 2.13. The number of nitrogens with zero attached hydrogens (tertiary/aromatic N) is 1. The molecular formula is C20H20N2O4S. The summed E-state index contributed by atoms with van der Waals surface area (Å²) in [5.41, 5.74) is 3.97. The van der Waals surface area contributed by atoms with Crippen LogP contribution in [0.5, 0.6) is 17.2 Å². The van der Waals surface area contributed by atoms with E-state index in [1.165, 1.54) is 11.3 Å². The monoisotopic (exact) mass is 384 g/mol. The summed E-state index contributed by atoms with van der Waals surface area (Å²) in [7, 11) is 3.16. The van der Waals surface area contributed by atoms with Crippen molar-refractivity contribution in [3.63, 3.8) is 0 Å². The summed E-state index contributed by atoms with van der Waals surface area (Å²) in [6.07, 6.45) is 0. The van der Waals surface area contributed by atoms with E-state index in [4.69, 9.17) is 14.2 Å². The van der Waals surface area contributed by atoms with Crippen LogP contribution in [0.4, 0.5) is 0 Å². The van der Waals surface area contributed by atoms with Gasteiger partial charge in [0.25, 0.3) is 5.91 Å². The second-order valence-electron chi connectivity index (χ2n) is 5.64. The molecule has 0 aliphatic heterocycles. The quantitative estimate of drug-likeness (QED) is 0.642. The Bertz CT molecular complexity index is 897. The molecule has 7 heteroatoms. The van der Waals surface area contributed by atoms with Gasteiger partial charge in [0, 0.05) is 11.9 Å². The summed E-state index contributed by atoms with van der Waals surface area (Å²) < 4.78 is 16.3. The number of carbonyl (C=O) groups excluding carboxylic acids is 1. The zero-order valence-electron chi connectivity index (χ0n) is 15.1. The first-order valence-corrected chi connectivity index (χ1v) is 9.23. The van der Waals surface area contributed by atoms with Crippen LogP contribution in [-0.4, -0.2) is 25.1 Å². The van der Waals surface area contributed by atoms with E-state index in [1.54, 1.807) is 37.9 Å². The van der Waals surface area contributed by atoms with Crippen molar-refractivity contribution < 1.29 is 19.0 Å². The molecular weight excluding hydrogens is 364 g/mol. The molecule has 0 saturated carbocycles. The van der Waals surface area contributed by atoms with Crippen LogP contribution in [-0.2, 0) is 13.2 Å². The molecule has 3 aromatic rings. The van der Waals surface area contributed by atoms with Gasteiger partial charge in [-0.25, -0.2) is 4.98 Å². The van der Waals surface area contributed by atoms with Crippen LogP contribution in [0, 0.1) is 0 Å². The van der Waals surface area contributed by atoms with Gasteiger partial charge in [0.05, 0.1) is 31.0 Å². The molecule has 0 aliphatic rings. The number of ether oxygens (including phenoxy) is 3. The highest BCUT2D eigenvalue weighted by molar-refractivity contribution is 7.07. The van der Waals surface area contributed by atoms with Gasteiger partial charge in [0.15, 0.2) is 11.5 Å². The minimum absolute atomic E-state index is 0.210. The predicted octanol–water partition coefficient (Wildman–Crippen LogP) is 3.67. The Morgan fingerprint density at radius 3 is 2.63 bits per heavy atom. The summed E-state index contributed by atoms with van der Waals surface area (Å²) in [5.74, 6) is 1.58. The SMILES string of the molecule is COc1ccc(CNC(=O)c2ccccc2OCc2cscn2)cc1OC. The fraction of sp³-hybridized carbons (Fsp3) is 0.200. The van der Waals surface area contributed by atoms with E-state index in [2.05, 4.69) is 10.3 Å². The van der Waals surface area contributed by atoms with Crippen molar-refractivity contribution in [1.29, 1.82) is 0 Å². The number of amides is 1. The van der Waals surface area contributed by atoms with Gasteiger partial charge in [-0.15, -0.1) is 11.3 Å². The average Bonchev–Trinajstić information content (AvgIpc) is 3.24. The third-order valence-corrected chi connectivity index (χ3v) is 4.53. The molecule has 6 nitrogen and oxygen atoms in total. The van der Waals surface area contributed by atoms with E-state index >= 15 is 0 Å². The molecule has 0 radical (unpaired) electrons. The van der Waals surface area contributed by atoms with E-state index < -0.39 is 0 Å². The second-order valence-corrected chi connectivity index (χ2v) is 6.36. The number of thiazole rings is 1. The van der Waals surface area contributed by atoms with Crippen molar-refractivity contribution in [3.05, 3.63) is 70.2 Å². The summed E-state index contributed by atoms with van der Waals surface area (Å²) in [4.78, 5) is 16.8. The van der Waals surface area contributed by atoms with Crippen molar-refractivity contribution in [2.75, 3.05) is 14.2 Å². The maximum atomic E-state index is 12.6. The fourth-order valence-corrected chi connectivity index (χ4v) is 3.05. The fourth-order valence-electron chi connectivity index (χ4n) is 2.51. The number of hydrogen-bond acceptors (Lipinski definition) is 6. The molecule has 0 spiro atoms. The van der Waals surface area contributed by atoms with E-state index in [0.29, 0.717) is 36.0 Å². The zero-order valence-corrected chi connectivity index (χ0v) is 15.9. The van der Waals surface area contributed by atoms with Gasteiger partial charge in [-0.1, -0.05) is 18.2 Å². The maximum Gasteiger partial charge on any atom is 0.255 e. The molecule has 27 heavy (non-hydrogen) atoms. The number of aromatic nitrogens is 1. The minimum Gasteiger partial charge on any atom is -0.493 e. The standard InChI is InChI=1S/C20H20N2O4S/c1-24-18-8-7-14(9-19(18)25-2)10-21-20(23)16-5-3-4-6-17(16)26-11-15-12-27-13-22-15/h3-9,12-13H,10-11H2,1-2H3,(H,21,23). The lowest BCUT2D eigenvalue weighted by molar-refractivity contribution is 0.0946. The Morgan fingerprint density at radius 2 is 1.89 bits per heavy atom. The molecule has 0 aliphatic carbocycles. The lowest BCUT2D eigenvalue weighted by atomic mass is 10.1. The van der Waals surface area contributed by atoms with Crippen LogP contribution in [0.3, 0.4) is 0 Å². The summed E-state index contributed by atoms with van der Waals surface area (Å²) in [6.45, 7) is 0.684. The van der Waals surface area contributed by atoms with Gasteiger partial charge >= 0.3 is 0 Å². The smallest absolute Gasteiger partial charge is 0.255 e. The largest absolute Gasteiger partial charge is 0.493 e. The first-order chi connectivity index (χ1) is 13.2. The van der Waals surface area contributed by atoms with Crippen molar-refractivity contribution >= 4 is 17.2 Å². The Labute approximate surface area is 161 Å². The summed E-state index contributed by atoms with van der Waals surface area (Å²) in [5, 5.41) is 4.83. The van der Waals surface area contributed by atoms with Crippen molar-refractivity contribution in [2.45, 2.75) is 13.2 Å². The lowest BCUT2D eigenvalue weighted by Crippen LogP contribution is -2.23. The van der Waals surface area contributed by atoms with Gasteiger partial charge in [-0.2, -0.15) is 0 Å². The van der Waals surface area contributed by atoms with Crippen LogP contribution in [0.2, 0.25) is 0 Å². The van der Waals surface area contributed by atoms with Gasteiger partial charge in [0.1, 0.15) is 12.4 Å². The normalized spacial score (nSPS) is 10.3. The van der Waals surface area contributed by atoms with Crippen molar-refractivity contribution in [2.24, 2.45) is 0 Å². The number of para-hydroxylation sites is 1. The van der Waals surface area contributed by atoms with Crippen LogP contribution < -0.4 is 19.5 Å². The first kappa shape index (κ1) is 18.7. The van der Waals surface area contributed by atoms with Gasteiger partial charge < -0.3 is 19.5 Å². The van der Waals surface area contributed by atoms with E-state index in [1.807, 2.05) is 29.6 Å². The maximum absolute atomic E-state index is 12.6. The van der Waals surface area contributed by atoms with E-state index in [0.717, 1.165) is 11.3 Å². The molecule has 1 aromatic heterocycles. The average molecular weight is 384 g/mol. The molecule has 3 rings (SSSR count). The van der Waals surface area contributed by atoms with Gasteiger partial charge in [0.2, 0.25) is 0 Å². The third kappa shape index (κ3) is 4.77. The minimum atomic E-state index is -0.210. The van der Waals surface area contributed by atoms with Crippen LogP contribution >= 0.6 is 11.3 Å².